The van der Waals surface area contributed by atoms with E-state index in [1.54, 1.807) is 0 Å². The van der Waals surface area contributed by atoms with Crippen molar-refractivity contribution in [2.75, 3.05) is 28.2 Å². The van der Waals surface area contributed by atoms with Gasteiger partial charge in [0.05, 0.1) is 0 Å². The minimum atomic E-state index is 0.663. The molecule has 0 spiro atoms. The Hall–Kier alpha value is -3.15. The van der Waals surface area contributed by atoms with E-state index in [-0.39, 0.29) is 0 Å². The zero-order chi connectivity index (χ0) is 19.6. The average Bonchev–Trinajstić information content (AvgIpc) is 3.42. The van der Waals surface area contributed by atoms with Gasteiger partial charge in [-0.15, -0.1) is 0 Å². The summed E-state index contributed by atoms with van der Waals surface area (Å²) in [5.74, 6) is 2.71. The Balaban J connectivity index is 1.28. The Kier molecular flexibility index (Phi) is 4.76. The molecule has 29 heavy (non-hydrogen) atoms. The maximum Gasteiger partial charge on any atom is 0.224 e. The molecule has 148 valence electrons. The molecule has 5 rings (SSSR count). The molecule has 6 nitrogen and oxygen atoms in total. The number of nitrogens with zero attached hydrogens (tertiary/aromatic N) is 5. The van der Waals surface area contributed by atoms with E-state index in [0.29, 0.717) is 12.5 Å². The zero-order valence-electron chi connectivity index (χ0n) is 16.8. The van der Waals surface area contributed by atoms with Crippen LogP contribution in [0.2, 0.25) is 0 Å². The van der Waals surface area contributed by atoms with Crippen LogP contribution in [0.5, 0.6) is 0 Å². The van der Waals surface area contributed by atoms with Gasteiger partial charge in [0.2, 0.25) is 5.95 Å². The predicted molar refractivity (Wildman–Crippen MR) is 116 cm³/mol. The number of pyridine rings is 1. The Morgan fingerprint density at radius 3 is 2.41 bits per heavy atom. The maximum atomic E-state index is 4.75. The standard InChI is InChI=1S/C23H26N6/c1-17-12-18(13-22(26-17)28-10-4-5-11-28)14-25-23-24-9-8-21(27-23)29-15-19-6-2-3-7-20(19)16-29/h2-3,6-9,12-13H,4-5,10-11,14-16H2,1H3,(H,24,25,27). The van der Waals surface area contributed by atoms with Gasteiger partial charge in [-0.1, -0.05) is 24.3 Å². The number of aryl methyl sites for hydroxylation is 1. The van der Waals surface area contributed by atoms with Crippen molar-refractivity contribution in [1.82, 2.24) is 15.0 Å². The highest BCUT2D eigenvalue weighted by Crippen LogP contribution is 2.27. The van der Waals surface area contributed by atoms with Crippen molar-refractivity contribution in [3.8, 4) is 0 Å². The molecular weight excluding hydrogens is 360 g/mol. The number of anilines is 3. The van der Waals surface area contributed by atoms with Crippen LogP contribution < -0.4 is 15.1 Å². The minimum Gasteiger partial charge on any atom is -0.357 e. The summed E-state index contributed by atoms with van der Waals surface area (Å²) in [7, 11) is 0. The molecule has 2 aliphatic heterocycles. The largest absolute Gasteiger partial charge is 0.357 e. The second-order valence-corrected chi connectivity index (χ2v) is 7.89. The third-order valence-electron chi connectivity index (χ3n) is 5.69. The fourth-order valence-corrected chi connectivity index (χ4v) is 4.22. The van der Waals surface area contributed by atoms with Gasteiger partial charge in [-0.05, 0) is 54.7 Å². The topological polar surface area (TPSA) is 57.2 Å². The molecule has 1 N–H and O–H groups in total. The molecule has 0 atom stereocenters. The summed E-state index contributed by atoms with van der Waals surface area (Å²) in [5, 5.41) is 3.40. The highest BCUT2D eigenvalue weighted by atomic mass is 15.2. The minimum absolute atomic E-state index is 0.663. The second kappa shape index (κ2) is 7.70. The maximum absolute atomic E-state index is 4.75. The summed E-state index contributed by atoms with van der Waals surface area (Å²) in [6.07, 6.45) is 4.34. The van der Waals surface area contributed by atoms with Crippen LogP contribution in [0.1, 0.15) is 35.2 Å². The van der Waals surface area contributed by atoms with E-state index >= 15 is 0 Å². The van der Waals surface area contributed by atoms with Crippen LogP contribution in [0.15, 0.2) is 48.7 Å². The molecule has 1 aromatic carbocycles. The number of aromatic nitrogens is 3. The van der Waals surface area contributed by atoms with Crippen molar-refractivity contribution in [2.24, 2.45) is 0 Å². The molecule has 0 saturated carbocycles. The monoisotopic (exact) mass is 386 g/mol. The van der Waals surface area contributed by atoms with Gasteiger partial charge in [-0.3, -0.25) is 0 Å². The van der Waals surface area contributed by atoms with Gasteiger partial charge in [0.1, 0.15) is 11.6 Å². The summed E-state index contributed by atoms with van der Waals surface area (Å²) in [6.45, 7) is 6.75. The molecule has 1 fully saturated rings. The van der Waals surface area contributed by atoms with Crippen LogP contribution in [-0.4, -0.2) is 28.0 Å². The Bertz CT molecular complexity index is 987. The Morgan fingerprint density at radius 1 is 0.897 bits per heavy atom. The van der Waals surface area contributed by atoms with E-state index in [2.05, 4.69) is 63.4 Å². The number of fused-ring (bicyclic) bond motifs is 1. The molecule has 0 bridgehead atoms. The highest BCUT2D eigenvalue weighted by Gasteiger charge is 2.20. The fourth-order valence-electron chi connectivity index (χ4n) is 4.22. The van der Waals surface area contributed by atoms with Crippen molar-refractivity contribution in [3.05, 3.63) is 71.0 Å². The third-order valence-corrected chi connectivity index (χ3v) is 5.69. The van der Waals surface area contributed by atoms with E-state index in [1.807, 2.05) is 12.3 Å². The number of rotatable bonds is 5. The van der Waals surface area contributed by atoms with Crippen molar-refractivity contribution >= 4 is 17.6 Å². The lowest BCUT2D eigenvalue weighted by atomic mass is 10.1. The molecule has 6 heteroatoms. The van der Waals surface area contributed by atoms with Crippen LogP contribution in [-0.2, 0) is 19.6 Å². The van der Waals surface area contributed by atoms with Crippen molar-refractivity contribution in [3.63, 3.8) is 0 Å². The summed E-state index contributed by atoms with van der Waals surface area (Å²) in [6, 6.07) is 14.9. The first kappa shape index (κ1) is 17.9. The third kappa shape index (κ3) is 3.88. The van der Waals surface area contributed by atoms with Gasteiger partial charge in [0.15, 0.2) is 0 Å². The molecule has 2 aliphatic rings. The van der Waals surface area contributed by atoms with Crippen molar-refractivity contribution in [1.29, 1.82) is 0 Å². The normalized spacial score (nSPS) is 15.6. The van der Waals surface area contributed by atoms with Crippen LogP contribution in [0.3, 0.4) is 0 Å². The van der Waals surface area contributed by atoms with Gasteiger partial charge in [-0.2, -0.15) is 4.98 Å². The first-order chi connectivity index (χ1) is 14.2. The second-order valence-electron chi connectivity index (χ2n) is 7.89. The summed E-state index contributed by atoms with van der Waals surface area (Å²) >= 11 is 0. The van der Waals surface area contributed by atoms with Gasteiger partial charge in [0.25, 0.3) is 0 Å². The number of hydrogen-bond donors (Lipinski definition) is 1. The smallest absolute Gasteiger partial charge is 0.224 e. The lowest BCUT2D eigenvalue weighted by Gasteiger charge is -2.19. The molecule has 0 amide bonds. The average molecular weight is 387 g/mol. The summed E-state index contributed by atoms with van der Waals surface area (Å²) in [5.41, 5.74) is 5.02. The quantitative estimate of drug-likeness (QED) is 0.717. The van der Waals surface area contributed by atoms with Gasteiger partial charge in [0, 0.05) is 44.6 Å². The zero-order valence-corrected chi connectivity index (χ0v) is 16.8. The highest BCUT2D eigenvalue weighted by molar-refractivity contribution is 5.49. The van der Waals surface area contributed by atoms with Crippen LogP contribution in [0.25, 0.3) is 0 Å². The van der Waals surface area contributed by atoms with E-state index in [9.17, 15) is 0 Å². The number of hydrogen-bond acceptors (Lipinski definition) is 6. The Labute approximate surface area is 171 Å². The van der Waals surface area contributed by atoms with E-state index in [0.717, 1.165) is 43.5 Å². The van der Waals surface area contributed by atoms with Gasteiger partial charge >= 0.3 is 0 Å². The lowest BCUT2D eigenvalue weighted by molar-refractivity contribution is 0.850. The molecule has 0 unspecified atom stereocenters. The van der Waals surface area contributed by atoms with E-state index < -0.39 is 0 Å². The molecule has 1 saturated heterocycles. The first-order valence-electron chi connectivity index (χ1n) is 10.4. The van der Waals surface area contributed by atoms with Gasteiger partial charge < -0.3 is 15.1 Å². The Morgan fingerprint density at radius 2 is 1.66 bits per heavy atom. The van der Waals surface area contributed by atoms with Crippen LogP contribution in [0.4, 0.5) is 17.6 Å². The van der Waals surface area contributed by atoms with Crippen LogP contribution >= 0.6 is 0 Å². The SMILES string of the molecule is Cc1cc(CNc2nccc(N3Cc4ccccc4C3)n2)cc(N2CCCC2)n1. The summed E-state index contributed by atoms with van der Waals surface area (Å²) < 4.78 is 0. The molecule has 0 aliphatic carbocycles. The van der Waals surface area contributed by atoms with E-state index in [1.165, 1.54) is 29.5 Å². The molecule has 4 heterocycles. The van der Waals surface area contributed by atoms with Crippen molar-refractivity contribution in [2.45, 2.75) is 39.4 Å². The number of benzene rings is 1. The van der Waals surface area contributed by atoms with Gasteiger partial charge in [-0.25, -0.2) is 9.97 Å². The summed E-state index contributed by atoms with van der Waals surface area (Å²) in [4.78, 5) is 18.6. The molecular formula is C23H26N6. The number of nitrogens with one attached hydrogen (secondary N) is 1. The molecule has 0 radical (unpaired) electrons. The van der Waals surface area contributed by atoms with E-state index in [4.69, 9.17) is 9.97 Å². The first-order valence-corrected chi connectivity index (χ1v) is 10.4. The van der Waals surface area contributed by atoms with Crippen LogP contribution in [0, 0.1) is 6.92 Å². The molecule has 3 aromatic rings. The molecule has 2 aromatic heterocycles. The fraction of sp³-hybridized carbons (Fsp3) is 0.348. The van der Waals surface area contributed by atoms with Crippen molar-refractivity contribution < 1.29 is 0 Å². The lowest BCUT2D eigenvalue weighted by Crippen LogP contribution is -2.20. The predicted octanol–water partition coefficient (Wildman–Crippen LogP) is 3.91.